The van der Waals surface area contributed by atoms with E-state index in [-0.39, 0.29) is 12.3 Å². The van der Waals surface area contributed by atoms with E-state index in [9.17, 15) is 14.4 Å². The van der Waals surface area contributed by atoms with E-state index in [0.29, 0.717) is 41.5 Å². The van der Waals surface area contributed by atoms with Gasteiger partial charge in [-0.1, -0.05) is 6.07 Å². The van der Waals surface area contributed by atoms with E-state index in [1.165, 1.54) is 4.90 Å². The summed E-state index contributed by atoms with van der Waals surface area (Å²) in [4.78, 5) is 37.3. The third kappa shape index (κ3) is 5.47. The molecule has 1 N–H and O–H groups in total. The monoisotopic (exact) mass is 398 g/mol. The number of ether oxygens (including phenoxy) is 3. The zero-order valence-electron chi connectivity index (χ0n) is 16.3. The second-order valence-corrected chi connectivity index (χ2v) is 6.64. The topological polar surface area (TPSA) is 94.2 Å². The third-order valence-electron chi connectivity index (χ3n) is 4.14. The van der Waals surface area contributed by atoms with Gasteiger partial charge >= 0.3 is 5.97 Å². The first-order valence-electron chi connectivity index (χ1n) is 9.08. The lowest BCUT2D eigenvalue weighted by Gasteiger charge is -2.18. The van der Waals surface area contributed by atoms with Gasteiger partial charge in [0.1, 0.15) is 13.2 Å². The Kier molecular flexibility index (Phi) is 6.33. The highest BCUT2D eigenvalue weighted by atomic mass is 16.6. The van der Waals surface area contributed by atoms with Crippen LogP contribution in [0.1, 0.15) is 15.9 Å². The van der Waals surface area contributed by atoms with Gasteiger partial charge in [-0.2, -0.15) is 0 Å². The van der Waals surface area contributed by atoms with Crippen molar-refractivity contribution >= 4 is 23.5 Å². The molecule has 0 aromatic heterocycles. The minimum atomic E-state index is -0.524. The van der Waals surface area contributed by atoms with E-state index in [4.69, 9.17) is 14.2 Å². The van der Waals surface area contributed by atoms with Crippen molar-refractivity contribution in [3.63, 3.8) is 0 Å². The molecule has 0 atom stereocenters. The number of fused-ring (bicyclic) bond motifs is 1. The van der Waals surface area contributed by atoms with Gasteiger partial charge in [0.15, 0.2) is 18.1 Å². The Labute approximate surface area is 168 Å². The third-order valence-corrected chi connectivity index (χ3v) is 4.14. The summed E-state index contributed by atoms with van der Waals surface area (Å²) >= 11 is 0. The van der Waals surface area contributed by atoms with Crippen molar-refractivity contribution in [3.8, 4) is 11.5 Å². The molecule has 1 aliphatic heterocycles. The molecule has 0 spiro atoms. The van der Waals surface area contributed by atoms with Crippen LogP contribution < -0.4 is 14.8 Å². The zero-order chi connectivity index (χ0) is 20.8. The lowest BCUT2D eigenvalue weighted by molar-refractivity contribution is -0.146. The minimum Gasteiger partial charge on any atom is -0.486 e. The van der Waals surface area contributed by atoms with Crippen LogP contribution in [0.4, 0.5) is 5.69 Å². The maximum Gasteiger partial charge on any atom is 0.310 e. The average Bonchev–Trinajstić information content (AvgIpc) is 2.72. The first kappa shape index (κ1) is 20.2. The molecule has 0 fully saturated rings. The fourth-order valence-electron chi connectivity index (χ4n) is 2.71. The number of carbonyl (C=O) groups excluding carboxylic acids is 3. The molecule has 8 nitrogen and oxygen atoms in total. The van der Waals surface area contributed by atoms with Crippen molar-refractivity contribution in [3.05, 3.63) is 53.6 Å². The molecule has 1 aliphatic rings. The average molecular weight is 398 g/mol. The van der Waals surface area contributed by atoms with E-state index < -0.39 is 18.5 Å². The molecule has 0 bridgehead atoms. The number of esters is 1. The second-order valence-electron chi connectivity index (χ2n) is 6.64. The molecule has 29 heavy (non-hydrogen) atoms. The van der Waals surface area contributed by atoms with Gasteiger partial charge in [0.05, 0.1) is 6.42 Å². The first-order valence-corrected chi connectivity index (χ1v) is 9.08. The Morgan fingerprint density at radius 3 is 2.38 bits per heavy atom. The highest BCUT2D eigenvalue weighted by Crippen LogP contribution is 2.30. The fourth-order valence-corrected chi connectivity index (χ4v) is 2.71. The number of nitrogens with zero attached hydrogens (tertiary/aromatic N) is 1. The fraction of sp³-hybridized carbons (Fsp3) is 0.286. The summed E-state index contributed by atoms with van der Waals surface area (Å²) in [7, 11) is 3.33. The van der Waals surface area contributed by atoms with Crippen LogP contribution in [-0.4, -0.2) is 56.6 Å². The Hall–Kier alpha value is -3.55. The summed E-state index contributed by atoms with van der Waals surface area (Å²) in [5.74, 6) is 0.119. The number of hydrogen-bond donors (Lipinski definition) is 1. The van der Waals surface area contributed by atoms with Crippen LogP contribution in [0.5, 0.6) is 11.5 Å². The minimum absolute atomic E-state index is 0.0191. The SMILES string of the molecule is CN(C)C(=O)c1ccc(NC(=O)COC(=O)Cc2ccc3c(c2)OCCO3)cc1. The van der Waals surface area contributed by atoms with E-state index in [1.807, 2.05) is 0 Å². The van der Waals surface area contributed by atoms with Crippen molar-refractivity contribution in [2.24, 2.45) is 0 Å². The molecule has 2 amide bonds. The lowest BCUT2D eigenvalue weighted by atomic mass is 10.1. The summed E-state index contributed by atoms with van der Waals surface area (Å²) in [5, 5.41) is 2.62. The second kappa shape index (κ2) is 9.09. The van der Waals surface area contributed by atoms with Crippen molar-refractivity contribution in [2.75, 3.05) is 39.2 Å². The number of hydrogen-bond acceptors (Lipinski definition) is 6. The molecule has 0 unspecified atom stereocenters. The molecule has 0 aliphatic carbocycles. The summed E-state index contributed by atoms with van der Waals surface area (Å²) in [6, 6.07) is 11.7. The molecule has 2 aromatic rings. The Morgan fingerprint density at radius 2 is 1.69 bits per heavy atom. The zero-order valence-corrected chi connectivity index (χ0v) is 16.3. The number of benzene rings is 2. The van der Waals surface area contributed by atoms with Crippen LogP contribution in [0.2, 0.25) is 0 Å². The van der Waals surface area contributed by atoms with Crippen molar-refractivity contribution in [1.29, 1.82) is 0 Å². The standard InChI is InChI=1S/C21H22N2O6/c1-23(2)21(26)15-4-6-16(7-5-15)22-19(24)13-29-20(25)12-14-3-8-17-18(11-14)28-10-9-27-17/h3-8,11H,9-10,12-13H2,1-2H3,(H,22,24). The van der Waals surface area contributed by atoms with Crippen LogP contribution in [-0.2, 0) is 20.7 Å². The Balaban J connectivity index is 1.46. The van der Waals surface area contributed by atoms with Crippen LogP contribution in [0.25, 0.3) is 0 Å². The molecular weight excluding hydrogens is 376 g/mol. The highest BCUT2D eigenvalue weighted by Gasteiger charge is 2.15. The molecule has 0 saturated carbocycles. The molecule has 3 rings (SSSR count). The summed E-state index contributed by atoms with van der Waals surface area (Å²) in [6.45, 7) is 0.561. The van der Waals surface area contributed by atoms with Gasteiger partial charge in [0.2, 0.25) is 0 Å². The van der Waals surface area contributed by atoms with Gasteiger partial charge in [-0.05, 0) is 42.0 Å². The maximum atomic E-state index is 12.0. The van der Waals surface area contributed by atoms with Crippen LogP contribution in [0, 0.1) is 0 Å². The largest absolute Gasteiger partial charge is 0.486 e. The quantitative estimate of drug-likeness (QED) is 0.747. The number of rotatable bonds is 6. The lowest BCUT2D eigenvalue weighted by Crippen LogP contribution is -2.22. The highest BCUT2D eigenvalue weighted by molar-refractivity contribution is 5.96. The summed E-state index contributed by atoms with van der Waals surface area (Å²) in [6.07, 6.45) is 0.0191. The predicted molar refractivity (Wildman–Crippen MR) is 105 cm³/mol. The van der Waals surface area contributed by atoms with Crippen molar-refractivity contribution in [2.45, 2.75) is 6.42 Å². The van der Waals surface area contributed by atoms with Crippen LogP contribution >= 0.6 is 0 Å². The number of carbonyl (C=O) groups is 3. The number of amides is 2. The van der Waals surface area contributed by atoms with Crippen molar-refractivity contribution < 1.29 is 28.6 Å². The maximum absolute atomic E-state index is 12.0. The molecule has 0 radical (unpaired) electrons. The first-order chi connectivity index (χ1) is 13.9. The van der Waals surface area contributed by atoms with Crippen LogP contribution in [0.15, 0.2) is 42.5 Å². The van der Waals surface area contributed by atoms with Gasteiger partial charge < -0.3 is 24.4 Å². The Bertz CT molecular complexity index is 908. The van der Waals surface area contributed by atoms with Gasteiger partial charge in [-0.15, -0.1) is 0 Å². The smallest absolute Gasteiger partial charge is 0.310 e. The van der Waals surface area contributed by atoms with Gasteiger partial charge in [-0.25, -0.2) is 0 Å². The van der Waals surface area contributed by atoms with Gasteiger partial charge in [0, 0.05) is 25.3 Å². The van der Waals surface area contributed by atoms with E-state index in [2.05, 4.69) is 5.32 Å². The summed E-state index contributed by atoms with van der Waals surface area (Å²) in [5.41, 5.74) is 1.73. The normalized spacial score (nSPS) is 12.1. The molecule has 8 heteroatoms. The van der Waals surface area contributed by atoms with E-state index in [0.717, 1.165) is 0 Å². The molecular formula is C21H22N2O6. The van der Waals surface area contributed by atoms with E-state index >= 15 is 0 Å². The molecule has 2 aromatic carbocycles. The molecule has 152 valence electrons. The van der Waals surface area contributed by atoms with Crippen molar-refractivity contribution in [1.82, 2.24) is 4.90 Å². The Morgan fingerprint density at radius 1 is 1.00 bits per heavy atom. The number of nitrogens with one attached hydrogen (secondary N) is 1. The molecule has 1 heterocycles. The van der Waals surface area contributed by atoms with Gasteiger partial charge in [0.25, 0.3) is 11.8 Å². The van der Waals surface area contributed by atoms with E-state index in [1.54, 1.807) is 56.6 Å². The number of anilines is 1. The van der Waals surface area contributed by atoms with Crippen LogP contribution in [0.3, 0.4) is 0 Å². The summed E-state index contributed by atoms with van der Waals surface area (Å²) < 4.78 is 16.0. The predicted octanol–water partition coefficient (Wildman–Crippen LogP) is 1.88. The molecule has 0 saturated heterocycles. The van der Waals surface area contributed by atoms with Gasteiger partial charge in [-0.3, -0.25) is 14.4 Å².